The van der Waals surface area contributed by atoms with Crippen LogP contribution in [-0.2, 0) is 4.79 Å². The molecule has 0 saturated carbocycles. The van der Waals surface area contributed by atoms with E-state index in [1.54, 1.807) is 11.9 Å². The lowest BCUT2D eigenvalue weighted by Gasteiger charge is -2.22. The number of rotatable bonds is 3. The molecule has 0 aliphatic carbocycles. The molecule has 0 bridgehead atoms. The minimum Gasteiger partial charge on any atom is -0.372 e. The zero-order chi connectivity index (χ0) is 13.4. The summed E-state index contributed by atoms with van der Waals surface area (Å²) < 4.78 is 13.9. The summed E-state index contributed by atoms with van der Waals surface area (Å²) in [5.41, 5.74) is 0.883. The molecule has 0 spiro atoms. The molecule has 0 unspecified atom stereocenters. The molecule has 5 heteroatoms. The van der Waals surface area contributed by atoms with E-state index >= 15 is 0 Å². The van der Waals surface area contributed by atoms with Crippen LogP contribution >= 0.6 is 0 Å². The lowest BCUT2D eigenvalue weighted by molar-refractivity contribution is -0.112. The number of nitrogens with zero attached hydrogens (tertiary/aromatic N) is 1. The average Bonchev–Trinajstić information content (AvgIpc) is 2.53. The average molecular weight is 250 g/mol. The van der Waals surface area contributed by atoms with E-state index < -0.39 is 17.5 Å². The first-order valence-corrected chi connectivity index (χ1v) is 5.80. The SMILES string of the molecule is CC(C)CN(C)c1cc2c(cc1F)C(=O)C(=O)N2. The van der Waals surface area contributed by atoms with Crippen LogP contribution in [0.1, 0.15) is 24.2 Å². The van der Waals surface area contributed by atoms with Gasteiger partial charge in [0.15, 0.2) is 0 Å². The third-order valence-corrected chi connectivity index (χ3v) is 2.84. The summed E-state index contributed by atoms with van der Waals surface area (Å²) in [6.45, 7) is 4.76. The Morgan fingerprint density at radius 1 is 1.33 bits per heavy atom. The molecule has 1 aromatic carbocycles. The van der Waals surface area contributed by atoms with Crippen molar-refractivity contribution in [3.63, 3.8) is 0 Å². The summed E-state index contributed by atoms with van der Waals surface area (Å²) in [5.74, 6) is -1.48. The van der Waals surface area contributed by atoms with Crippen LogP contribution in [0.4, 0.5) is 15.8 Å². The second-order valence-corrected chi connectivity index (χ2v) is 4.91. The number of amides is 1. The summed E-state index contributed by atoms with van der Waals surface area (Å²) in [6, 6.07) is 2.64. The van der Waals surface area contributed by atoms with Gasteiger partial charge in [-0.25, -0.2) is 4.39 Å². The van der Waals surface area contributed by atoms with Crippen molar-refractivity contribution in [2.24, 2.45) is 5.92 Å². The van der Waals surface area contributed by atoms with Crippen molar-refractivity contribution in [3.05, 3.63) is 23.5 Å². The first-order valence-electron chi connectivity index (χ1n) is 5.80. The molecule has 1 amide bonds. The molecule has 1 aliphatic rings. The summed E-state index contributed by atoms with van der Waals surface area (Å²) in [7, 11) is 1.78. The van der Waals surface area contributed by atoms with Crippen LogP contribution in [0.2, 0.25) is 0 Å². The Morgan fingerprint density at radius 3 is 2.61 bits per heavy atom. The third-order valence-electron chi connectivity index (χ3n) is 2.84. The van der Waals surface area contributed by atoms with Crippen molar-refractivity contribution in [3.8, 4) is 0 Å². The van der Waals surface area contributed by atoms with Gasteiger partial charge in [-0.1, -0.05) is 13.8 Å². The molecular weight excluding hydrogens is 235 g/mol. The van der Waals surface area contributed by atoms with Crippen LogP contribution in [0.25, 0.3) is 0 Å². The number of hydrogen-bond acceptors (Lipinski definition) is 3. The smallest absolute Gasteiger partial charge is 0.296 e. The normalized spacial score (nSPS) is 13.8. The Bertz CT molecular complexity index is 526. The van der Waals surface area contributed by atoms with Crippen molar-refractivity contribution >= 4 is 23.1 Å². The largest absolute Gasteiger partial charge is 0.372 e. The van der Waals surface area contributed by atoms with Crippen molar-refractivity contribution < 1.29 is 14.0 Å². The Labute approximate surface area is 105 Å². The van der Waals surface area contributed by atoms with Crippen molar-refractivity contribution in [2.45, 2.75) is 13.8 Å². The molecular formula is C13H15FN2O2. The molecule has 0 saturated heterocycles. The van der Waals surface area contributed by atoms with E-state index in [2.05, 4.69) is 5.32 Å². The fourth-order valence-corrected chi connectivity index (χ4v) is 2.09. The van der Waals surface area contributed by atoms with E-state index in [4.69, 9.17) is 0 Å². The number of anilines is 2. The number of fused-ring (bicyclic) bond motifs is 1. The van der Waals surface area contributed by atoms with Crippen molar-refractivity contribution in [2.75, 3.05) is 23.8 Å². The fourth-order valence-electron chi connectivity index (χ4n) is 2.09. The fraction of sp³-hybridized carbons (Fsp3) is 0.385. The minimum atomic E-state index is -0.701. The molecule has 0 aromatic heterocycles. The van der Waals surface area contributed by atoms with Crippen molar-refractivity contribution in [1.82, 2.24) is 0 Å². The first-order chi connectivity index (χ1) is 8.40. The topological polar surface area (TPSA) is 49.4 Å². The molecule has 4 nitrogen and oxygen atoms in total. The van der Waals surface area contributed by atoms with E-state index in [0.717, 1.165) is 6.07 Å². The molecule has 0 radical (unpaired) electrons. The van der Waals surface area contributed by atoms with E-state index in [-0.39, 0.29) is 5.56 Å². The second-order valence-electron chi connectivity index (χ2n) is 4.91. The predicted molar refractivity (Wildman–Crippen MR) is 67.5 cm³/mol. The monoisotopic (exact) mass is 250 g/mol. The zero-order valence-corrected chi connectivity index (χ0v) is 10.6. The summed E-state index contributed by atoms with van der Waals surface area (Å²) in [4.78, 5) is 24.4. The maximum Gasteiger partial charge on any atom is 0.296 e. The number of halogens is 1. The number of nitrogens with one attached hydrogen (secondary N) is 1. The van der Waals surface area contributed by atoms with E-state index in [1.807, 2.05) is 13.8 Å². The lowest BCUT2D eigenvalue weighted by Crippen LogP contribution is -2.23. The van der Waals surface area contributed by atoms with Gasteiger partial charge in [0.05, 0.1) is 16.9 Å². The number of carbonyl (C=O) groups excluding carboxylic acids is 2. The zero-order valence-electron chi connectivity index (χ0n) is 10.6. The molecule has 1 aromatic rings. The summed E-state index contributed by atoms with van der Waals surface area (Å²) in [5, 5.41) is 2.44. The van der Waals surface area contributed by atoms with Crippen LogP contribution in [0, 0.1) is 11.7 Å². The molecule has 1 N–H and O–H groups in total. The molecule has 18 heavy (non-hydrogen) atoms. The van der Waals surface area contributed by atoms with Crippen LogP contribution in [0.3, 0.4) is 0 Å². The van der Waals surface area contributed by atoms with Gasteiger partial charge in [-0.2, -0.15) is 0 Å². The number of ketones is 1. The van der Waals surface area contributed by atoms with Crippen LogP contribution in [0.5, 0.6) is 0 Å². The number of benzene rings is 1. The van der Waals surface area contributed by atoms with Gasteiger partial charge in [-0.15, -0.1) is 0 Å². The quantitative estimate of drug-likeness (QED) is 0.835. The Kier molecular flexibility index (Phi) is 3.07. The summed E-state index contributed by atoms with van der Waals surface area (Å²) in [6.07, 6.45) is 0. The maximum atomic E-state index is 13.9. The van der Waals surface area contributed by atoms with Gasteiger partial charge in [0.25, 0.3) is 11.7 Å². The van der Waals surface area contributed by atoms with E-state index in [1.165, 1.54) is 6.07 Å². The Hall–Kier alpha value is -1.91. The maximum absolute atomic E-state index is 13.9. The highest BCUT2D eigenvalue weighted by molar-refractivity contribution is 6.51. The highest BCUT2D eigenvalue weighted by Gasteiger charge is 2.29. The van der Waals surface area contributed by atoms with Gasteiger partial charge in [0.2, 0.25) is 0 Å². The molecule has 0 fully saturated rings. The highest BCUT2D eigenvalue weighted by atomic mass is 19.1. The van der Waals surface area contributed by atoms with Crippen LogP contribution < -0.4 is 10.2 Å². The standard InChI is InChI=1S/C13H15FN2O2/c1-7(2)6-16(3)11-5-10-8(4-9(11)14)12(17)13(18)15-10/h4-5,7H,6H2,1-3H3,(H,15,17,18). The van der Waals surface area contributed by atoms with Crippen LogP contribution in [-0.4, -0.2) is 25.3 Å². The van der Waals surface area contributed by atoms with Crippen LogP contribution in [0.15, 0.2) is 12.1 Å². The third kappa shape index (κ3) is 2.08. The van der Waals surface area contributed by atoms with Gasteiger partial charge in [0.1, 0.15) is 5.82 Å². The van der Waals surface area contributed by atoms with Gasteiger partial charge < -0.3 is 10.2 Å². The van der Waals surface area contributed by atoms with Gasteiger partial charge >= 0.3 is 0 Å². The predicted octanol–water partition coefficient (Wildman–Crippen LogP) is 2.05. The number of hydrogen-bond donors (Lipinski definition) is 1. The van der Waals surface area contributed by atoms with Gasteiger partial charge in [-0.3, -0.25) is 9.59 Å². The van der Waals surface area contributed by atoms with Crippen molar-refractivity contribution in [1.29, 1.82) is 0 Å². The highest BCUT2D eigenvalue weighted by Crippen LogP contribution is 2.30. The molecule has 2 rings (SSSR count). The van der Waals surface area contributed by atoms with E-state index in [9.17, 15) is 14.0 Å². The molecule has 1 aliphatic heterocycles. The molecule has 0 atom stereocenters. The minimum absolute atomic E-state index is 0.110. The number of Topliss-reactive ketones (excluding diaryl/α,β-unsaturated/α-hetero) is 1. The first kappa shape index (κ1) is 12.5. The molecule has 96 valence electrons. The molecule has 1 heterocycles. The Balaban J connectivity index is 2.38. The second kappa shape index (κ2) is 4.40. The Morgan fingerprint density at radius 2 is 2.00 bits per heavy atom. The number of carbonyl (C=O) groups is 2. The summed E-state index contributed by atoms with van der Waals surface area (Å²) >= 11 is 0. The van der Waals surface area contributed by atoms with Gasteiger partial charge in [-0.05, 0) is 18.1 Å². The van der Waals surface area contributed by atoms with Gasteiger partial charge in [0, 0.05) is 13.6 Å². The lowest BCUT2D eigenvalue weighted by atomic mass is 10.1. The van der Waals surface area contributed by atoms with E-state index in [0.29, 0.717) is 23.8 Å².